The van der Waals surface area contributed by atoms with E-state index in [1.54, 1.807) is 11.0 Å². The smallest absolute Gasteiger partial charge is 0.415 e. The van der Waals surface area contributed by atoms with Crippen LogP contribution in [0.2, 0.25) is 0 Å². The fraction of sp³-hybridized carbons (Fsp3) is 0.556. The summed E-state index contributed by atoms with van der Waals surface area (Å²) in [4.78, 5) is 28.0. The maximum absolute atomic E-state index is 13.0. The molecule has 1 unspecified atom stereocenters. The molecule has 1 fully saturated rings. The number of aromatic nitrogens is 2. The SMILES string of the molecule is C=CCCCN1CC[C@@H](OC(=O)OC(C)Cl)N(c2nnc(CCC=C)s2)C1=O. The molecule has 0 aromatic carbocycles. The normalized spacial score (nSPS) is 17.9. The van der Waals surface area contributed by atoms with Gasteiger partial charge in [0.05, 0.1) is 0 Å². The van der Waals surface area contributed by atoms with Crippen LogP contribution in [0.15, 0.2) is 25.3 Å². The third-order valence-corrected chi connectivity index (χ3v) is 5.03. The number of allylic oxidation sites excluding steroid dienone is 2. The van der Waals surface area contributed by atoms with Gasteiger partial charge in [-0.15, -0.1) is 23.4 Å². The van der Waals surface area contributed by atoms with Gasteiger partial charge in [-0.3, -0.25) is 0 Å². The summed E-state index contributed by atoms with van der Waals surface area (Å²) >= 11 is 6.96. The summed E-state index contributed by atoms with van der Waals surface area (Å²) in [7, 11) is 0. The molecule has 0 N–H and O–H groups in total. The van der Waals surface area contributed by atoms with E-state index in [-0.39, 0.29) is 6.03 Å². The minimum atomic E-state index is -0.929. The Kier molecular flexibility index (Phi) is 8.72. The van der Waals surface area contributed by atoms with Gasteiger partial charge in [0.25, 0.3) is 0 Å². The Balaban J connectivity index is 2.17. The first-order valence-electron chi connectivity index (χ1n) is 9.10. The van der Waals surface area contributed by atoms with Gasteiger partial charge in [0.2, 0.25) is 5.13 Å². The van der Waals surface area contributed by atoms with Crippen LogP contribution < -0.4 is 4.90 Å². The van der Waals surface area contributed by atoms with Crippen LogP contribution in [0.4, 0.5) is 14.7 Å². The second kappa shape index (κ2) is 11.0. The number of carbonyl (C=O) groups excluding carboxylic acids is 2. The van der Waals surface area contributed by atoms with Gasteiger partial charge >= 0.3 is 12.2 Å². The number of hydrogen-bond acceptors (Lipinski definition) is 7. The van der Waals surface area contributed by atoms with Crippen molar-refractivity contribution in [3.63, 3.8) is 0 Å². The van der Waals surface area contributed by atoms with Gasteiger partial charge in [-0.05, 0) is 26.2 Å². The Morgan fingerprint density at radius 3 is 2.82 bits per heavy atom. The molecule has 1 aliphatic rings. The number of alkyl halides is 1. The quantitative estimate of drug-likeness (QED) is 0.239. The molecule has 2 rings (SSSR count). The first kappa shape index (κ1) is 22.2. The fourth-order valence-electron chi connectivity index (χ4n) is 2.66. The monoisotopic (exact) mass is 428 g/mol. The lowest BCUT2D eigenvalue weighted by Gasteiger charge is -2.38. The number of amides is 2. The standard InChI is InChI=1S/C18H25ClN4O4S/c1-4-6-8-11-22-12-10-15(27-18(25)26-13(3)19)23(17(22)24)16-21-20-14(28-16)9-7-5-2/h4-5,13,15H,1-2,6-12H2,3H3/t13?,15-/m1/s1. The molecule has 2 amide bonds. The van der Waals surface area contributed by atoms with Crippen molar-refractivity contribution >= 4 is 40.3 Å². The lowest BCUT2D eigenvalue weighted by atomic mass is 10.2. The zero-order chi connectivity index (χ0) is 20.5. The molecule has 1 aliphatic heterocycles. The predicted octanol–water partition coefficient (Wildman–Crippen LogP) is 4.32. The van der Waals surface area contributed by atoms with Crippen molar-refractivity contribution < 1.29 is 19.1 Å². The van der Waals surface area contributed by atoms with Gasteiger partial charge in [-0.1, -0.05) is 35.1 Å². The number of nitrogens with zero attached hydrogens (tertiary/aromatic N) is 4. The number of aryl methyl sites for hydroxylation is 1. The number of urea groups is 1. The molecule has 8 nitrogen and oxygen atoms in total. The molecule has 0 aliphatic carbocycles. The lowest BCUT2D eigenvalue weighted by Crippen LogP contribution is -2.56. The van der Waals surface area contributed by atoms with Crippen molar-refractivity contribution in [3.05, 3.63) is 30.3 Å². The second-order valence-electron chi connectivity index (χ2n) is 6.15. The summed E-state index contributed by atoms with van der Waals surface area (Å²) in [6, 6.07) is -0.279. The van der Waals surface area contributed by atoms with Gasteiger partial charge in [0.15, 0.2) is 11.8 Å². The summed E-state index contributed by atoms with van der Waals surface area (Å²) in [5.74, 6) is 0. The van der Waals surface area contributed by atoms with Crippen LogP contribution in [0, 0.1) is 0 Å². The highest BCUT2D eigenvalue weighted by molar-refractivity contribution is 7.15. The second-order valence-corrected chi connectivity index (χ2v) is 7.80. The van der Waals surface area contributed by atoms with E-state index in [9.17, 15) is 9.59 Å². The van der Waals surface area contributed by atoms with Crippen LogP contribution >= 0.6 is 22.9 Å². The van der Waals surface area contributed by atoms with E-state index in [0.717, 1.165) is 24.3 Å². The maximum Gasteiger partial charge on any atom is 0.511 e. The van der Waals surface area contributed by atoms with E-state index in [4.69, 9.17) is 21.1 Å². The van der Waals surface area contributed by atoms with Crippen LogP contribution in [0.25, 0.3) is 0 Å². The van der Waals surface area contributed by atoms with Crippen molar-refractivity contribution in [3.8, 4) is 0 Å². The zero-order valence-electron chi connectivity index (χ0n) is 15.9. The van der Waals surface area contributed by atoms with E-state index in [2.05, 4.69) is 23.4 Å². The Morgan fingerprint density at radius 1 is 1.39 bits per heavy atom. The topological polar surface area (TPSA) is 84.9 Å². The molecule has 0 bridgehead atoms. The highest BCUT2D eigenvalue weighted by atomic mass is 35.5. The summed E-state index contributed by atoms with van der Waals surface area (Å²) in [5.41, 5.74) is -0.831. The van der Waals surface area contributed by atoms with E-state index < -0.39 is 17.9 Å². The number of ether oxygens (including phenoxy) is 2. The minimum absolute atomic E-state index is 0.279. The molecular formula is C18H25ClN4O4S. The van der Waals surface area contributed by atoms with Gasteiger partial charge in [-0.2, -0.15) is 0 Å². The number of halogens is 1. The van der Waals surface area contributed by atoms with E-state index >= 15 is 0 Å². The Hall–Kier alpha value is -2.13. The van der Waals surface area contributed by atoms with Gasteiger partial charge in [0.1, 0.15) is 5.01 Å². The number of unbranched alkanes of at least 4 members (excludes halogenated alkanes) is 1. The molecule has 1 aromatic rings. The number of anilines is 1. The summed E-state index contributed by atoms with van der Waals surface area (Å²) in [6.07, 6.45) is 5.34. The van der Waals surface area contributed by atoms with Gasteiger partial charge in [0, 0.05) is 25.9 Å². The first-order valence-corrected chi connectivity index (χ1v) is 10.3. The number of rotatable bonds is 10. The molecule has 0 radical (unpaired) electrons. The molecule has 0 saturated carbocycles. The molecule has 0 spiro atoms. The van der Waals surface area contributed by atoms with E-state index in [1.165, 1.54) is 23.2 Å². The van der Waals surface area contributed by atoms with Crippen LogP contribution in [-0.2, 0) is 15.9 Å². The summed E-state index contributed by atoms with van der Waals surface area (Å²) in [6.45, 7) is 9.94. The lowest BCUT2D eigenvalue weighted by molar-refractivity contribution is 0.00868. The van der Waals surface area contributed by atoms with Crippen LogP contribution in [-0.4, -0.2) is 52.2 Å². The fourth-order valence-corrected chi connectivity index (χ4v) is 3.62. The Bertz CT molecular complexity index is 697. The number of carbonyl (C=O) groups is 2. The van der Waals surface area contributed by atoms with Crippen LogP contribution in [0.1, 0.15) is 37.6 Å². The van der Waals surface area contributed by atoms with E-state index in [0.29, 0.717) is 31.1 Å². The molecule has 1 saturated heterocycles. The average molecular weight is 429 g/mol. The minimum Gasteiger partial charge on any atom is -0.415 e. The van der Waals surface area contributed by atoms with Gasteiger partial charge in [-0.25, -0.2) is 14.5 Å². The third kappa shape index (κ3) is 6.20. The van der Waals surface area contributed by atoms with Crippen molar-refractivity contribution in [1.82, 2.24) is 15.1 Å². The summed E-state index contributed by atoms with van der Waals surface area (Å²) < 4.78 is 10.2. The summed E-state index contributed by atoms with van der Waals surface area (Å²) in [5, 5.41) is 9.42. The van der Waals surface area contributed by atoms with Crippen molar-refractivity contribution in [2.45, 2.75) is 50.8 Å². The van der Waals surface area contributed by atoms with Crippen LogP contribution in [0.3, 0.4) is 0 Å². The van der Waals surface area contributed by atoms with Gasteiger partial charge < -0.3 is 14.4 Å². The van der Waals surface area contributed by atoms with Crippen molar-refractivity contribution in [1.29, 1.82) is 0 Å². The van der Waals surface area contributed by atoms with Crippen molar-refractivity contribution in [2.75, 3.05) is 18.0 Å². The first-order chi connectivity index (χ1) is 13.5. The average Bonchev–Trinajstić information content (AvgIpc) is 3.09. The molecular weight excluding hydrogens is 404 g/mol. The molecule has 1 aromatic heterocycles. The van der Waals surface area contributed by atoms with Crippen molar-refractivity contribution in [2.24, 2.45) is 0 Å². The van der Waals surface area contributed by atoms with E-state index in [1.807, 2.05) is 6.08 Å². The molecule has 2 heterocycles. The molecule has 28 heavy (non-hydrogen) atoms. The highest BCUT2D eigenvalue weighted by Crippen LogP contribution is 2.29. The Labute approximate surface area is 173 Å². The highest BCUT2D eigenvalue weighted by Gasteiger charge is 2.39. The predicted molar refractivity (Wildman–Crippen MR) is 109 cm³/mol. The molecule has 2 atom stereocenters. The zero-order valence-corrected chi connectivity index (χ0v) is 17.5. The van der Waals surface area contributed by atoms with Crippen LogP contribution in [0.5, 0.6) is 0 Å². The molecule has 154 valence electrons. The third-order valence-electron chi connectivity index (χ3n) is 3.96. The number of hydrogen-bond donors (Lipinski definition) is 0. The Morgan fingerprint density at radius 2 is 2.14 bits per heavy atom. The maximum atomic E-state index is 13.0. The largest absolute Gasteiger partial charge is 0.511 e. The molecule has 10 heteroatoms.